The number of amides is 2. The molecule has 0 saturated carbocycles. The average molecular weight is 482 g/mol. The van der Waals surface area contributed by atoms with E-state index >= 15 is 0 Å². The molecule has 0 aliphatic rings. The van der Waals surface area contributed by atoms with Gasteiger partial charge in [0.1, 0.15) is 6.54 Å². The van der Waals surface area contributed by atoms with Crippen molar-refractivity contribution in [3.63, 3.8) is 0 Å². The van der Waals surface area contributed by atoms with E-state index in [0.717, 1.165) is 10.6 Å². The zero-order valence-corrected chi connectivity index (χ0v) is 19.1. The molecule has 0 spiro atoms. The molecule has 2 aromatic rings. The monoisotopic (exact) mass is 481 g/mol. The highest BCUT2D eigenvalue weighted by Gasteiger charge is 2.24. The van der Waals surface area contributed by atoms with Crippen molar-refractivity contribution in [3.05, 3.63) is 58.6 Å². The molecule has 2 aromatic carbocycles. The number of rotatable bonds is 6. The highest BCUT2D eigenvalue weighted by molar-refractivity contribution is 9.10. The number of nitrogens with zero attached hydrogens (tertiary/aromatic N) is 1. The maximum absolute atomic E-state index is 12.6. The fourth-order valence-corrected chi connectivity index (χ4v) is 4.04. The van der Waals surface area contributed by atoms with E-state index < -0.39 is 28.0 Å². The van der Waals surface area contributed by atoms with Gasteiger partial charge in [0.25, 0.3) is 5.91 Å². The smallest absolute Gasteiger partial charge is 0.253 e. The normalized spacial score (nSPS) is 11.6. The molecule has 0 fully saturated rings. The summed E-state index contributed by atoms with van der Waals surface area (Å²) >= 11 is 3.31. The molecule has 0 heterocycles. The minimum atomic E-state index is -3.72. The number of hydrogen-bond acceptors (Lipinski definition) is 4. The van der Waals surface area contributed by atoms with E-state index in [4.69, 9.17) is 0 Å². The van der Waals surface area contributed by atoms with Crippen LogP contribution in [0.15, 0.2) is 53.0 Å². The van der Waals surface area contributed by atoms with E-state index in [1.165, 1.54) is 0 Å². The maximum Gasteiger partial charge on any atom is 0.253 e. The molecule has 0 unspecified atom stereocenters. The lowest BCUT2D eigenvalue weighted by Gasteiger charge is -2.24. The second-order valence-electron chi connectivity index (χ2n) is 7.52. The Bertz CT molecular complexity index is 1020. The molecular weight excluding hydrogens is 458 g/mol. The van der Waals surface area contributed by atoms with E-state index in [0.29, 0.717) is 21.4 Å². The molecule has 0 radical (unpaired) electrons. The van der Waals surface area contributed by atoms with Gasteiger partial charge < -0.3 is 10.6 Å². The first-order valence-corrected chi connectivity index (χ1v) is 11.5. The molecule has 0 atom stereocenters. The Kier molecular flexibility index (Phi) is 7.07. The van der Waals surface area contributed by atoms with Crippen molar-refractivity contribution >= 4 is 49.1 Å². The van der Waals surface area contributed by atoms with E-state index in [9.17, 15) is 18.0 Å². The van der Waals surface area contributed by atoms with E-state index in [1.807, 2.05) is 20.8 Å². The number of carbonyl (C=O) groups is 2. The van der Waals surface area contributed by atoms with Crippen molar-refractivity contribution in [3.8, 4) is 0 Å². The van der Waals surface area contributed by atoms with Gasteiger partial charge in [0, 0.05) is 10.0 Å². The number of sulfonamides is 1. The summed E-state index contributed by atoms with van der Waals surface area (Å²) in [6.07, 6.45) is 1.03. The quantitative estimate of drug-likeness (QED) is 0.660. The highest BCUT2D eigenvalue weighted by atomic mass is 79.9. The van der Waals surface area contributed by atoms with Crippen molar-refractivity contribution in [1.29, 1.82) is 0 Å². The number of halogens is 1. The van der Waals surface area contributed by atoms with Gasteiger partial charge in [-0.3, -0.25) is 13.9 Å². The van der Waals surface area contributed by atoms with Crippen molar-refractivity contribution in [2.45, 2.75) is 26.3 Å². The molecule has 7 nitrogen and oxygen atoms in total. The lowest BCUT2D eigenvalue weighted by molar-refractivity contribution is -0.114. The van der Waals surface area contributed by atoms with Crippen molar-refractivity contribution in [2.75, 3.05) is 22.4 Å². The van der Waals surface area contributed by atoms with Gasteiger partial charge in [-0.25, -0.2) is 8.42 Å². The third kappa shape index (κ3) is 6.57. The molecule has 0 aliphatic carbocycles. The van der Waals surface area contributed by atoms with Crippen LogP contribution in [0.25, 0.3) is 0 Å². The number of para-hydroxylation sites is 2. The summed E-state index contributed by atoms with van der Waals surface area (Å²) < 4.78 is 26.1. The molecule has 29 heavy (non-hydrogen) atoms. The zero-order chi connectivity index (χ0) is 21.8. The first-order valence-electron chi connectivity index (χ1n) is 8.82. The molecule has 0 aromatic heterocycles. The van der Waals surface area contributed by atoms with Crippen LogP contribution in [0, 0.1) is 0 Å². The van der Waals surface area contributed by atoms with Gasteiger partial charge in [-0.1, -0.05) is 24.3 Å². The van der Waals surface area contributed by atoms with Crippen LogP contribution < -0.4 is 14.9 Å². The van der Waals surface area contributed by atoms with Crippen LogP contribution in [0.3, 0.4) is 0 Å². The summed E-state index contributed by atoms with van der Waals surface area (Å²) in [5.74, 6) is -0.902. The zero-order valence-electron chi connectivity index (χ0n) is 16.7. The van der Waals surface area contributed by atoms with E-state index in [2.05, 4.69) is 26.6 Å². The first kappa shape index (κ1) is 22.9. The number of benzene rings is 2. The summed E-state index contributed by atoms with van der Waals surface area (Å²) in [5.41, 5.74) is 0.507. The molecular formula is C20H24BrN3O4S. The SMILES string of the molecule is CC(C)(C)NC(=O)c1ccccc1NC(=O)CN(c1ccccc1Br)S(C)(=O)=O. The fourth-order valence-electron chi connectivity index (χ4n) is 2.55. The lowest BCUT2D eigenvalue weighted by atomic mass is 10.1. The van der Waals surface area contributed by atoms with E-state index in [-0.39, 0.29) is 5.91 Å². The van der Waals surface area contributed by atoms with Crippen LogP contribution >= 0.6 is 15.9 Å². The number of hydrogen-bond donors (Lipinski definition) is 2. The van der Waals surface area contributed by atoms with Crippen LogP contribution in [0.5, 0.6) is 0 Å². The summed E-state index contributed by atoms with van der Waals surface area (Å²) in [6.45, 7) is 5.13. The Hall–Kier alpha value is -2.39. The van der Waals surface area contributed by atoms with Gasteiger partial charge in [0.15, 0.2) is 0 Å². The standard InChI is InChI=1S/C20H24BrN3O4S/c1-20(2,3)23-19(26)14-9-5-7-11-16(14)22-18(25)13-24(29(4,27)28)17-12-8-6-10-15(17)21/h5-12H,13H2,1-4H3,(H,22,25)(H,23,26). The van der Waals surface area contributed by atoms with Crippen LogP contribution in [0.4, 0.5) is 11.4 Å². The molecule has 2 N–H and O–H groups in total. The number of anilines is 2. The van der Waals surface area contributed by atoms with Crippen molar-refractivity contribution in [2.24, 2.45) is 0 Å². The summed E-state index contributed by atoms with van der Waals surface area (Å²) in [6, 6.07) is 13.3. The Labute approximate surface area is 179 Å². The Morgan fingerprint density at radius 1 is 1.03 bits per heavy atom. The Morgan fingerprint density at radius 3 is 2.21 bits per heavy atom. The molecule has 0 saturated heterocycles. The van der Waals surface area contributed by atoms with Gasteiger partial charge in [-0.15, -0.1) is 0 Å². The van der Waals surface area contributed by atoms with Crippen molar-refractivity contribution in [1.82, 2.24) is 5.32 Å². The third-order valence-corrected chi connectivity index (χ3v) is 5.54. The fraction of sp³-hybridized carbons (Fsp3) is 0.300. The van der Waals surface area contributed by atoms with Crippen LogP contribution in [-0.2, 0) is 14.8 Å². The lowest BCUT2D eigenvalue weighted by Crippen LogP contribution is -2.41. The molecule has 2 amide bonds. The largest absolute Gasteiger partial charge is 0.347 e. The van der Waals surface area contributed by atoms with Gasteiger partial charge in [0.2, 0.25) is 15.9 Å². The summed E-state index contributed by atoms with van der Waals surface area (Å²) in [4.78, 5) is 25.2. The predicted molar refractivity (Wildman–Crippen MR) is 119 cm³/mol. The average Bonchev–Trinajstić information content (AvgIpc) is 2.58. The Morgan fingerprint density at radius 2 is 1.62 bits per heavy atom. The molecule has 0 bridgehead atoms. The maximum atomic E-state index is 12.6. The van der Waals surface area contributed by atoms with Crippen molar-refractivity contribution < 1.29 is 18.0 Å². The van der Waals surface area contributed by atoms with Gasteiger partial charge in [-0.2, -0.15) is 0 Å². The van der Waals surface area contributed by atoms with Crippen LogP contribution in [0.2, 0.25) is 0 Å². The third-order valence-electron chi connectivity index (χ3n) is 3.74. The number of nitrogens with one attached hydrogen (secondary N) is 2. The topological polar surface area (TPSA) is 95.6 Å². The minimum Gasteiger partial charge on any atom is -0.347 e. The molecule has 0 aliphatic heterocycles. The highest BCUT2D eigenvalue weighted by Crippen LogP contribution is 2.27. The predicted octanol–water partition coefficient (Wildman–Crippen LogP) is 3.38. The van der Waals surface area contributed by atoms with Crippen LogP contribution in [-0.4, -0.2) is 38.6 Å². The second kappa shape index (κ2) is 8.96. The van der Waals surface area contributed by atoms with Gasteiger partial charge >= 0.3 is 0 Å². The minimum absolute atomic E-state index is 0.294. The van der Waals surface area contributed by atoms with Gasteiger partial charge in [0.05, 0.1) is 23.2 Å². The second-order valence-corrected chi connectivity index (χ2v) is 10.3. The number of carbonyl (C=O) groups excluding carboxylic acids is 2. The van der Waals surface area contributed by atoms with Crippen LogP contribution in [0.1, 0.15) is 31.1 Å². The molecule has 9 heteroatoms. The van der Waals surface area contributed by atoms with Gasteiger partial charge in [-0.05, 0) is 61.0 Å². The Balaban J connectivity index is 2.26. The molecule has 156 valence electrons. The summed E-state index contributed by atoms with van der Waals surface area (Å²) in [7, 11) is -3.72. The first-order chi connectivity index (χ1) is 13.4. The summed E-state index contributed by atoms with van der Waals surface area (Å²) in [5, 5.41) is 5.49. The van der Waals surface area contributed by atoms with E-state index in [1.54, 1.807) is 48.5 Å². The molecule has 2 rings (SSSR count).